The molecule has 1 aromatic heterocycles. The van der Waals surface area contributed by atoms with E-state index in [0.29, 0.717) is 18.2 Å². The number of amides is 1. The van der Waals surface area contributed by atoms with Gasteiger partial charge in [-0.3, -0.25) is 4.79 Å². The van der Waals surface area contributed by atoms with Crippen molar-refractivity contribution in [3.05, 3.63) is 36.4 Å². The highest BCUT2D eigenvalue weighted by Crippen LogP contribution is 2.26. The molecule has 0 aliphatic rings. The van der Waals surface area contributed by atoms with Gasteiger partial charge in [0.15, 0.2) is 11.6 Å². The number of ether oxygens (including phenoxy) is 1. The van der Waals surface area contributed by atoms with E-state index in [1.807, 2.05) is 52.0 Å². The molecule has 0 aliphatic carbocycles. The van der Waals surface area contributed by atoms with Crippen LogP contribution in [-0.4, -0.2) is 22.7 Å². The van der Waals surface area contributed by atoms with Crippen LogP contribution in [0.3, 0.4) is 0 Å². The molecule has 23 heavy (non-hydrogen) atoms. The Labute approximate surface area is 136 Å². The lowest BCUT2D eigenvalue weighted by Crippen LogP contribution is -2.28. The molecule has 1 aromatic carbocycles. The van der Waals surface area contributed by atoms with E-state index in [1.165, 1.54) is 0 Å². The predicted molar refractivity (Wildman–Crippen MR) is 91.0 cm³/mol. The molecular weight excluding hydrogens is 292 g/mol. The zero-order chi connectivity index (χ0) is 16.9. The molecule has 2 rings (SSSR count). The van der Waals surface area contributed by atoms with Crippen molar-refractivity contribution in [3.8, 4) is 5.75 Å². The van der Waals surface area contributed by atoms with Crippen LogP contribution in [0, 0.1) is 5.41 Å². The average molecular weight is 314 g/mol. The molecule has 0 atom stereocenters. The highest BCUT2D eigenvalue weighted by Gasteiger charge is 2.21. The van der Waals surface area contributed by atoms with Crippen molar-refractivity contribution in [1.82, 2.24) is 10.2 Å². The predicted octanol–water partition coefficient (Wildman–Crippen LogP) is 3.60. The third-order valence-electron chi connectivity index (χ3n) is 3.04. The minimum Gasteiger partial charge on any atom is -0.492 e. The van der Waals surface area contributed by atoms with Crippen LogP contribution in [0.1, 0.15) is 27.7 Å². The van der Waals surface area contributed by atoms with Gasteiger partial charge in [0, 0.05) is 5.41 Å². The maximum absolute atomic E-state index is 11.9. The fourth-order valence-electron chi connectivity index (χ4n) is 1.76. The van der Waals surface area contributed by atoms with Gasteiger partial charge in [-0.25, -0.2) is 0 Å². The molecule has 6 nitrogen and oxygen atoms in total. The maximum atomic E-state index is 11.9. The van der Waals surface area contributed by atoms with E-state index in [-0.39, 0.29) is 5.91 Å². The van der Waals surface area contributed by atoms with Gasteiger partial charge in [0.05, 0.1) is 12.3 Å². The zero-order valence-corrected chi connectivity index (χ0v) is 13.9. The van der Waals surface area contributed by atoms with Crippen LogP contribution in [0.5, 0.6) is 5.75 Å². The Morgan fingerprint density at radius 3 is 2.35 bits per heavy atom. The Balaban J connectivity index is 2.07. The molecule has 0 aliphatic heterocycles. The second kappa shape index (κ2) is 7.09. The lowest BCUT2D eigenvalue weighted by molar-refractivity contribution is -0.123. The SMILES string of the molecule is CCOc1ccccc1Nc1ccc(NC(=O)C(C)(C)C)nn1. The van der Waals surface area contributed by atoms with Gasteiger partial charge in [-0.05, 0) is 31.2 Å². The number of carbonyl (C=O) groups is 1. The van der Waals surface area contributed by atoms with Crippen molar-refractivity contribution in [2.24, 2.45) is 5.41 Å². The summed E-state index contributed by atoms with van der Waals surface area (Å²) in [6.07, 6.45) is 0. The Hall–Kier alpha value is -2.63. The number of hydrogen-bond donors (Lipinski definition) is 2. The molecule has 6 heteroatoms. The smallest absolute Gasteiger partial charge is 0.230 e. The molecule has 0 spiro atoms. The van der Waals surface area contributed by atoms with Crippen LogP contribution in [0.2, 0.25) is 0 Å². The van der Waals surface area contributed by atoms with E-state index >= 15 is 0 Å². The first-order chi connectivity index (χ1) is 10.9. The molecule has 0 bridgehead atoms. The lowest BCUT2D eigenvalue weighted by Gasteiger charge is -2.17. The van der Waals surface area contributed by atoms with Gasteiger partial charge in [-0.2, -0.15) is 0 Å². The van der Waals surface area contributed by atoms with E-state index in [1.54, 1.807) is 12.1 Å². The normalized spacial score (nSPS) is 11.0. The zero-order valence-electron chi connectivity index (χ0n) is 13.9. The number of hydrogen-bond acceptors (Lipinski definition) is 5. The molecule has 0 saturated carbocycles. The van der Waals surface area contributed by atoms with Crippen LogP contribution in [0.15, 0.2) is 36.4 Å². The average Bonchev–Trinajstić information content (AvgIpc) is 2.50. The third kappa shape index (κ3) is 4.67. The second-order valence-electron chi connectivity index (χ2n) is 6.06. The van der Waals surface area contributed by atoms with Crippen LogP contribution in [0.4, 0.5) is 17.3 Å². The fourth-order valence-corrected chi connectivity index (χ4v) is 1.76. The third-order valence-corrected chi connectivity index (χ3v) is 3.04. The summed E-state index contributed by atoms with van der Waals surface area (Å²) in [6.45, 7) is 8.05. The summed E-state index contributed by atoms with van der Waals surface area (Å²) in [6, 6.07) is 11.1. The van der Waals surface area contributed by atoms with E-state index < -0.39 is 5.41 Å². The minimum atomic E-state index is -0.477. The summed E-state index contributed by atoms with van der Waals surface area (Å²) in [5.41, 5.74) is 0.338. The van der Waals surface area contributed by atoms with E-state index in [4.69, 9.17) is 4.74 Å². The number of rotatable bonds is 5. The summed E-state index contributed by atoms with van der Waals surface area (Å²) in [7, 11) is 0. The van der Waals surface area contributed by atoms with Gasteiger partial charge < -0.3 is 15.4 Å². The van der Waals surface area contributed by atoms with E-state index in [0.717, 1.165) is 11.4 Å². The molecule has 0 fully saturated rings. The summed E-state index contributed by atoms with van der Waals surface area (Å²) in [4.78, 5) is 11.9. The number of carbonyl (C=O) groups excluding carboxylic acids is 1. The van der Waals surface area contributed by atoms with Gasteiger partial charge in [-0.1, -0.05) is 32.9 Å². The number of benzene rings is 1. The van der Waals surface area contributed by atoms with Crippen LogP contribution < -0.4 is 15.4 Å². The summed E-state index contributed by atoms with van der Waals surface area (Å²) < 4.78 is 5.56. The largest absolute Gasteiger partial charge is 0.492 e. The number of nitrogens with zero attached hydrogens (tertiary/aromatic N) is 2. The van der Waals surface area contributed by atoms with Crippen molar-refractivity contribution in [3.63, 3.8) is 0 Å². The van der Waals surface area contributed by atoms with Gasteiger partial charge in [0.1, 0.15) is 5.75 Å². The molecule has 1 heterocycles. The first kappa shape index (κ1) is 16.7. The molecule has 0 radical (unpaired) electrons. The first-order valence-corrected chi connectivity index (χ1v) is 7.54. The van der Waals surface area contributed by atoms with Crippen LogP contribution in [0.25, 0.3) is 0 Å². The van der Waals surface area contributed by atoms with Crippen molar-refractivity contribution in [1.29, 1.82) is 0 Å². The van der Waals surface area contributed by atoms with Crippen LogP contribution >= 0.6 is 0 Å². The van der Waals surface area contributed by atoms with Crippen LogP contribution in [-0.2, 0) is 4.79 Å². The quantitative estimate of drug-likeness (QED) is 0.882. The first-order valence-electron chi connectivity index (χ1n) is 7.54. The van der Waals surface area contributed by atoms with Crippen molar-refractivity contribution in [2.75, 3.05) is 17.2 Å². The molecule has 1 amide bonds. The Morgan fingerprint density at radius 1 is 1.09 bits per heavy atom. The highest BCUT2D eigenvalue weighted by molar-refractivity contribution is 5.93. The van der Waals surface area contributed by atoms with Gasteiger partial charge in [0.25, 0.3) is 0 Å². The van der Waals surface area contributed by atoms with Crippen molar-refractivity contribution in [2.45, 2.75) is 27.7 Å². The minimum absolute atomic E-state index is 0.103. The number of nitrogens with one attached hydrogen (secondary N) is 2. The highest BCUT2D eigenvalue weighted by atomic mass is 16.5. The number of anilines is 3. The molecule has 2 aromatic rings. The second-order valence-corrected chi connectivity index (χ2v) is 6.06. The topological polar surface area (TPSA) is 76.1 Å². The van der Waals surface area contributed by atoms with E-state index in [2.05, 4.69) is 20.8 Å². The monoisotopic (exact) mass is 314 g/mol. The fraction of sp³-hybridized carbons (Fsp3) is 0.353. The molecule has 2 N–H and O–H groups in total. The summed E-state index contributed by atoms with van der Waals surface area (Å²) >= 11 is 0. The summed E-state index contributed by atoms with van der Waals surface area (Å²) in [5, 5.41) is 14.0. The Kier molecular flexibility index (Phi) is 5.16. The number of para-hydroxylation sites is 2. The standard InChI is InChI=1S/C17H22N4O2/c1-5-23-13-9-7-6-8-12(13)18-14-10-11-15(21-20-14)19-16(22)17(2,3)4/h6-11H,5H2,1-4H3,(H,18,20)(H,19,21,22). The van der Waals surface area contributed by atoms with Gasteiger partial charge in [-0.15, -0.1) is 10.2 Å². The Bertz CT molecular complexity index is 663. The van der Waals surface area contributed by atoms with Gasteiger partial charge >= 0.3 is 0 Å². The molecular formula is C17H22N4O2. The van der Waals surface area contributed by atoms with Gasteiger partial charge in [0.2, 0.25) is 5.91 Å². The molecule has 0 saturated heterocycles. The lowest BCUT2D eigenvalue weighted by atomic mass is 9.96. The Morgan fingerprint density at radius 2 is 1.74 bits per heavy atom. The van der Waals surface area contributed by atoms with Crippen molar-refractivity contribution < 1.29 is 9.53 Å². The van der Waals surface area contributed by atoms with Crippen molar-refractivity contribution >= 4 is 23.2 Å². The summed E-state index contributed by atoms with van der Waals surface area (Å²) in [5.74, 6) is 1.65. The number of aromatic nitrogens is 2. The molecule has 122 valence electrons. The van der Waals surface area contributed by atoms with E-state index in [9.17, 15) is 4.79 Å². The maximum Gasteiger partial charge on any atom is 0.230 e. The molecule has 0 unspecified atom stereocenters.